The number of rotatable bonds is 28. The molecule has 0 saturated heterocycles. The Hall–Kier alpha value is -4.64. The first-order valence-electron chi connectivity index (χ1n) is 17.6. The minimum atomic E-state index is -2.30. The number of carboxylic acid groups (broad SMARTS) is 12. The topological polar surface area (TPSA) is 657 Å². The van der Waals surface area contributed by atoms with Crippen LogP contribution in [0.2, 0.25) is 0 Å². The van der Waals surface area contributed by atoms with Gasteiger partial charge in [-0.15, -0.1) is 0 Å². The Morgan fingerprint density at radius 2 is 0.375 bits per heavy atom. The van der Waals surface area contributed by atoms with Crippen LogP contribution in [0.5, 0.6) is 0 Å². The van der Waals surface area contributed by atoms with Crippen molar-refractivity contribution in [2.45, 2.75) is 99.9 Å². The van der Waals surface area contributed by atoms with Crippen molar-refractivity contribution < 1.29 is 281 Å². The molecule has 0 aliphatic heterocycles. The molecule has 392 valence electrons. The fourth-order valence-electron chi connectivity index (χ4n) is 3.17. The monoisotopic (exact) mass is 1090 g/mol. The molecule has 40 heteroatoms. The molecular formula is C32H48N4Na4O32. The smallest absolute Gasteiger partial charge is 1.00 e. The van der Waals surface area contributed by atoms with Gasteiger partial charge in [-0.1, -0.05) is 0 Å². The first kappa shape index (κ1) is 84.2. The summed E-state index contributed by atoms with van der Waals surface area (Å²) in [6.07, 6.45) is -12.2. The first-order valence-corrected chi connectivity index (χ1v) is 17.6. The molecule has 4 atom stereocenters. The third-order valence-corrected chi connectivity index (χ3v) is 6.70. The molecule has 0 heterocycles. The van der Waals surface area contributed by atoms with Gasteiger partial charge in [0, 0.05) is 25.7 Å². The van der Waals surface area contributed by atoms with Gasteiger partial charge in [0.25, 0.3) is 24.4 Å². The Labute approximate surface area is 495 Å². The fourth-order valence-corrected chi connectivity index (χ4v) is 3.17. The van der Waals surface area contributed by atoms with Crippen LogP contribution in [0.4, 0.5) is 0 Å². The van der Waals surface area contributed by atoms with E-state index in [1.54, 1.807) is 0 Å². The Morgan fingerprint density at radius 3 is 0.458 bits per heavy atom. The molecule has 0 spiro atoms. The molecule has 0 aromatic heterocycles. The number of hydrogen-bond acceptors (Lipinski definition) is 24. The third kappa shape index (κ3) is 43.0. The van der Waals surface area contributed by atoms with Gasteiger partial charge in [-0.25, -0.2) is 38.4 Å². The SMILES string of the molecule is N[C@@H](CCC(=O)OC(C(=O)O)C(=O)O)C(=O)O.N[C@@H](CCC(=O)OC(C(=O)O)C(=O)O)C(=O)O.N[C@@H](CCC(=O)OC(C(=O)O)C(=O)O)C(=O)O.N[C@@H](CCC(=O)OC(C(=O)O)C(=O)O)C(=O)O.[H-].[H-].[H-].[H-].[Na+].[Na+].[Na+].[Na+]. The molecule has 0 aliphatic carbocycles. The zero-order valence-corrected chi connectivity index (χ0v) is 46.1. The molecule has 72 heavy (non-hydrogen) atoms. The second-order valence-electron chi connectivity index (χ2n) is 12.1. The molecule has 0 saturated carbocycles. The number of aliphatic carboxylic acids is 12. The number of carbonyl (C=O) groups is 16. The summed E-state index contributed by atoms with van der Waals surface area (Å²) >= 11 is 0. The zero-order chi connectivity index (χ0) is 54.3. The maximum atomic E-state index is 11.0. The van der Waals surface area contributed by atoms with Crippen LogP contribution in [0.15, 0.2) is 0 Å². The van der Waals surface area contributed by atoms with Gasteiger partial charge in [-0.2, -0.15) is 0 Å². The van der Waals surface area contributed by atoms with Gasteiger partial charge in [-0.05, 0) is 25.7 Å². The van der Waals surface area contributed by atoms with Crippen molar-refractivity contribution in [3.8, 4) is 0 Å². The van der Waals surface area contributed by atoms with Crippen molar-refractivity contribution in [3.63, 3.8) is 0 Å². The van der Waals surface area contributed by atoms with E-state index in [2.05, 4.69) is 18.9 Å². The summed E-state index contributed by atoms with van der Waals surface area (Å²) in [5, 5.41) is 101. The summed E-state index contributed by atoms with van der Waals surface area (Å²) in [4.78, 5) is 168. The Morgan fingerprint density at radius 1 is 0.264 bits per heavy atom. The van der Waals surface area contributed by atoms with E-state index in [-0.39, 0.29) is 150 Å². The predicted octanol–water partition coefficient (Wildman–Crippen LogP) is -18.5. The predicted molar refractivity (Wildman–Crippen MR) is 204 cm³/mol. The summed E-state index contributed by atoms with van der Waals surface area (Å²) in [5.74, 6) is -24.5. The molecule has 0 amide bonds. The Bertz CT molecular complexity index is 1610. The molecule has 36 nitrogen and oxygen atoms in total. The maximum Gasteiger partial charge on any atom is 1.00 e. The van der Waals surface area contributed by atoms with E-state index in [1.807, 2.05) is 0 Å². The van der Waals surface area contributed by atoms with Crippen LogP contribution in [0, 0.1) is 0 Å². The first-order chi connectivity index (χ1) is 31.0. The van der Waals surface area contributed by atoms with E-state index >= 15 is 0 Å². The average Bonchev–Trinajstić information content (AvgIpc) is 3.21. The standard InChI is InChI=1S/4C8H11NO8.4Na.4H/c4*9-3(6(11)12)1-2-4(10)17-5(7(13)14)8(15)16;;;;;;;;/h4*3,5H,1-2,9H2,(H,11,12)(H,13,14)(H,15,16);;;;;;;;/q;;;;4*+1;4*-1/t4*3-;;;;;;;;/m0000......../s1. The van der Waals surface area contributed by atoms with E-state index < -0.39 is 170 Å². The van der Waals surface area contributed by atoms with Gasteiger partial charge in [-0.3, -0.25) is 38.4 Å². The summed E-state index contributed by atoms with van der Waals surface area (Å²) in [6, 6.07) is -5.18. The largest absolute Gasteiger partial charge is 1.00 e. The number of esters is 4. The molecule has 0 aliphatic rings. The average molecular weight is 1090 g/mol. The molecule has 0 bridgehead atoms. The van der Waals surface area contributed by atoms with E-state index in [0.717, 1.165) is 0 Å². The Kier molecular flexibility index (Phi) is 52.6. The second-order valence-corrected chi connectivity index (χ2v) is 12.1. The molecule has 0 rings (SSSR count). The Balaban J connectivity index is -0.0000000694. The van der Waals surface area contributed by atoms with Crippen molar-refractivity contribution in [2.24, 2.45) is 22.9 Å². The van der Waals surface area contributed by atoms with Crippen LogP contribution < -0.4 is 141 Å². The quantitative estimate of drug-likeness (QED) is 0.0150. The van der Waals surface area contributed by atoms with Crippen molar-refractivity contribution in [1.29, 1.82) is 0 Å². The molecule has 0 unspecified atom stereocenters. The third-order valence-electron chi connectivity index (χ3n) is 6.70. The van der Waals surface area contributed by atoms with Crippen molar-refractivity contribution in [3.05, 3.63) is 0 Å². The molecule has 20 N–H and O–H groups in total. The fraction of sp³-hybridized carbons (Fsp3) is 0.500. The molecule has 0 aromatic carbocycles. The van der Waals surface area contributed by atoms with Crippen molar-refractivity contribution in [2.75, 3.05) is 0 Å². The van der Waals surface area contributed by atoms with Crippen LogP contribution in [-0.4, -0.2) is 205 Å². The molecule has 0 fully saturated rings. The van der Waals surface area contributed by atoms with E-state index in [0.29, 0.717) is 0 Å². The summed E-state index contributed by atoms with van der Waals surface area (Å²) < 4.78 is 16.5. The number of nitrogens with two attached hydrogens (primary N) is 4. The van der Waals surface area contributed by atoms with E-state index in [4.69, 9.17) is 84.2 Å². The van der Waals surface area contributed by atoms with Crippen molar-refractivity contribution >= 4 is 95.5 Å². The van der Waals surface area contributed by atoms with Crippen LogP contribution in [0.25, 0.3) is 0 Å². The molecular weight excluding hydrogens is 1040 g/mol. The number of carboxylic acids is 12. The summed E-state index contributed by atoms with van der Waals surface area (Å²) in [7, 11) is 0. The molecule has 0 radical (unpaired) electrons. The number of carbonyl (C=O) groups excluding carboxylic acids is 4. The van der Waals surface area contributed by atoms with E-state index in [9.17, 15) is 76.7 Å². The molecule has 0 aromatic rings. The zero-order valence-electron chi connectivity index (χ0n) is 42.1. The minimum absolute atomic E-state index is 0. The van der Waals surface area contributed by atoms with Gasteiger partial charge in [0.2, 0.25) is 0 Å². The van der Waals surface area contributed by atoms with Gasteiger partial charge < -0.3 is 109 Å². The summed E-state index contributed by atoms with van der Waals surface area (Å²) in [5.41, 5.74) is 20.3. The second kappa shape index (κ2) is 45.0. The van der Waals surface area contributed by atoms with Gasteiger partial charge in [0.05, 0.1) is 0 Å². The van der Waals surface area contributed by atoms with Gasteiger partial charge in [0.15, 0.2) is 0 Å². The maximum absolute atomic E-state index is 11.0. The van der Waals surface area contributed by atoms with E-state index in [1.165, 1.54) is 0 Å². The number of hydrogen-bond donors (Lipinski definition) is 16. The van der Waals surface area contributed by atoms with Crippen LogP contribution in [0.1, 0.15) is 57.1 Å². The number of ether oxygens (including phenoxy) is 4. The minimum Gasteiger partial charge on any atom is -1.00 e. The van der Waals surface area contributed by atoms with Gasteiger partial charge >= 0.3 is 214 Å². The normalized spacial score (nSPS) is 11.2. The van der Waals surface area contributed by atoms with Crippen LogP contribution >= 0.6 is 0 Å². The van der Waals surface area contributed by atoms with Gasteiger partial charge in [0.1, 0.15) is 24.2 Å². The summed E-state index contributed by atoms with van der Waals surface area (Å²) in [6.45, 7) is 0. The van der Waals surface area contributed by atoms with Crippen molar-refractivity contribution in [1.82, 2.24) is 0 Å². The van der Waals surface area contributed by atoms with Crippen LogP contribution in [-0.2, 0) is 95.7 Å². The van der Waals surface area contributed by atoms with Crippen LogP contribution in [0.3, 0.4) is 0 Å².